The van der Waals surface area contributed by atoms with Crippen LogP contribution >= 0.6 is 0 Å². The van der Waals surface area contributed by atoms with Gasteiger partial charge < -0.3 is 65.1 Å². The van der Waals surface area contributed by atoms with E-state index in [2.05, 4.69) is 31.3 Å². The van der Waals surface area contributed by atoms with Gasteiger partial charge in [-0.15, -0.1) is 0 Å². The molecule has 9 N–H and O–H groups in total. The first kappa shape index (κ1) is 61.6. The zero-order valence-electron chi connectivity index (χ0n) is 41.9. The normalized spacial score (nSPS) is 26.7. The molecular formula is C53H99NO13. The Morgan fingerprint density at radius 3 is 1.46 bits per heavy atom. The highest BCUT2D eigenvalue weighted by molar-refractivity contribution is 5.76. The van der Waals surface area contributed by atoms with Gasteiger partial charge in [0.05, 0.1) is 32.0 Å². The molecule has 0 aromatic rings. The van der Waals surface area contributed by atoms with Crippen molar-refractivity contribution in [3.8, 4) is 0 Å². The van der Waals surface area contributed by atoms with Crippen LogP contribution in [0.15, 0.2) is 24.3 Å². The highest BCUT2D eigenvalue weighted by atomic mass is 16.7. The van der Waals surface area contributed by atoms with Crippen molar-refractivity contribution in [2.45, 2.75) is 286 Å². The van der Waals surface area contributed by atoms with Crippen molar-refractivity contribution in [3.05, 3.63) is 24.3 Å². The molecule has 2 aliphatic rings. The molecule has 14 heteroatoms. The molecule has 0 saturated carbocycles. The van der Waals surface area contributed by atoms with Gasteiger partial charge in [0, 0.05) is 6.42 Å². The van der Waals surface area contributed by atoms with Gasteiger partial charge in [-0.05, 0) is 32.1 Å². The number of rotatable bonds is 42. The van der Waals surface area contributed by atoms with Crippen LogP contribution in [0.5, 0.6) is 0 Å². The zero-order chi connectivity index (χ0) is 48.9. The predicted molar refractivity (Wildman–Crippen MR) is 263 cm³/mol. The zero-order valence-corrected chi connectivity index (χ0v) is 41.9. The Hall–Kier alpha value is -1.53. The third-order valence-corrected chi connectivity index (χ3v) is 13.4. The van der Waals surface area contributed by atoms with Crippen molar-refractivity contribution in [1.82, 2.24) is 5.32 Å². The number of aliphatic hydroxyl groups excluding tert-OH is 8. The molecule has 12 atom stereocenters. The van der Waals surface area contributed by atoms with E-state index in [-0.39, 0.29) is 18.9 Å². The number of carbonyl (C=O) groups is 1. The van der Waals surface area contributed by atoms with Crippen molar-refractivity contribution in [2.24, 2.45) is 0 Å². The summed E-state index contributed by atoms with van der Waals surface area (Å²) in [7, 11) is 0. The highest BCUT2D eigenvalue weighted by Crippen LogP contribution is 2.30. The van der Waals surface area contributed by atoms with Gasteiger partial charge in [0.2, 0.25) is 5.91 Å². The molecule has 67 heavy (non-hydrogen) atoms. The maximum Gasteiger partial charge on any atom is 0.220 e. The minimum absolute atomic E-state index is 0.252. The summed E-state index contributed by atoms with van der Waals surface area (Å²) in [6.45, 7) is 2.75. The second kappa shape index (κ2) is 40.1. The molecule has 2 heterocycles. The molecule has 0 aromatic heterocycles. The molecule has 0 radical (unpaired) electrons. The third-order valence-electron chi connectivity index (χ3n) is 13.4. The van der Waals surface area contributed by atoms with Gasteiger partial charge in [0.25, 0.3) is 0 Å². The summed E-state index contributed by atoms with van der Waals surface area (Å²) in [5.41, 5.74) is 0. The fraction of sp³-hybridized carbons (Fsp3) is 0.906. The van der Waals surface area contributed by atoms with Crippen LogP contribution in [0.2, 0.25) is 0 Å². The molecule has 0 aromatic carbocycles. The number of carbonyl (C=O) groups excluding carboxylic acids is 1. The summed E-state index contributed by atoms with van der Waals surface area (Å²) >= 11 is 0. The van der Waals surface area contributed by atoms with Crippen LogP contribution < -0.4 is 5.32 Å². The van der Waals surface area contributed by atoms with Crippen LogP contribution in [0, 0.1) is 0 Å². The maximum atomic E-state index is 13.1. The lowest BCUT2D eigenvalue weighted by atomic mass is 9.97. The third kappa shape index (κ3) is 27.0. The van der Waals surface area contributed by atoms with Crippen LogP contribution in [0.25, 0.3) is 0 Å². The van der Waals surface area contributed by atoms with Crippen LogP contribution in [0.3, 0.4) is 0 Å². The van der Waals surface area contributed by atoms with Crippen LogP contribution in [0.4, 0.5) is 0 Å². The summed E-state index contributed by atoms with van der Waals surface area (Å²) in [5, 5.41) is 86.6. The Kier molecular flexibility index (Phi) is 36.9. The molecule has 0 spiro atoms. The number of allylic oxidation sites excluding steroid dienone is 3. The average molecular weight is 958 g/mol. The summed E-state index contributed by atoms with van der Waals surface area (Å²) in [6, 6.07) is -0.925. The monoisotopic (exact) mass is 958 g/mol. The van der Waals surface area contributed by atoms with Crippen molar-refractivity contribution in [2.75, 3.05) is 19.8 Å². The second-order valence-corrected chi connectivity index (χ2v) is 19.4. The molecule has 394 valence electrons. The molecule has 2 aliphatic heterocycles. The Morgan fingerprint density at radius 2 is 0.955 bits per heavy atom. The van der Waals surface area contributed by atoms with E-state index in [4.69, 9.17) is 18.9 Å². The lowest BCUT2D eigenvalue weighted by Crippen LogP contribution is -2.65. The van der Waals surface area contributed by atoms with Gasteiger partial charge in [0.1, 0.15) is 48.8 Å². The lowest BCUT2D eigenvalue weighted by Gasteiger charge is -2.46. The van der Waals surface area contributed by atoms with Crippen LogP contribution in [0.1, 0.15) is 213 Å². The first-order valence-corrected chi connectivity index (χ1v) is 27.1. The Bertz CT molecular complexity index is 1220. The quantitative estimate of drug-likeness (QED) is 0.0211. The Morgan fingerprint density at radius 1 is 0.522 bits per heavy atom. The fourth-order valence-electron chi connectivity index (χ4n) is 8.95. The molecule has 2 fully saturated rings. The summed E-state index contributed by atoms with van der Waals surface area (Å²) in [5.74, 6) is -0.252. The molecule has 12 unspecified atom stereocenters. The van der Waals surface area contributed by atoms with Crippen molar-refractivity contribution < 1.29 is 64.6 Å². The number of ether oxygens (including phenoxy) is 4. The van der Waals surface area contributed by atoms with E-state index in [0.717, 1.165) is 32.1 Å². The molecule has 0 aliphatic carbocycles. The molecule has 2 rings (SSSR count). The maximum absolute atomic E-state index is 13.1. The largest absolute Gasteiger partial charge is 0.394 e. The van der Waals surface area contributed by atoms with Crippen LogP contribution in [-0.4, -0.2) is 140 Å². The summed E-state index contributed by atoms with van der Waals surface area (Å²) < 4.78 is 22.7. The second-order valence-electron chi connectivity index (χ2n) is 19.4. The first-order chi connectivity index (χ1) is 32.6. The van der Waals surface area contributed by atoms with Crippen LogP contribution in [-0.2, 0) is 23.7 Å². The number of aliphatic hydroxyl groups is 8. The summed E-state index contributed by atoms with van der Waals surface area (Å²) in [6.07, 6.45) is 28.2. The van der Waals surface area contributed by atoms with Gasteiger partial charge >= 0.3 is 0 Å². The van der Waals surface area contributed by atoms with Crippen molar-refractivity contribution in [1.29, 1.82) is 0 Å². The average Bonchev–Trinajstić information content (AvgIpc) is 3.32. The minimum atomic E-state index is -1.79. The molecule has 0 bridgehead atoms. The van der Waals surface area contributed by atoms with Crippen molar-refractivity contribution in [3.63, 3.8) is 0 Å². The fourth-order valence-corrected chi connectivity index (χ4v) is 8.95. The van der Waals surface area contributed by atoms with Gasteiger partial charge in [-0.25, -0.2) is 0 Å². The number of amides is 1. The first-order valence-electron chi connectivity index (χ1n) is 27.1. The number of unbranched alkanes of at least 4 members (excludes halogenated alkanes) is 27. The Labute approximate surface area is 405 Å². The molecule has 1 amide bonds. The number of nitrogens with one attached hydrogen (secondary N) is 1. The van der Waals surface area contributed by atoms with E-state index < -0.39 is 86.8 Å². The predicted octanol–water partition coefficient (Wildman–Crippen LogP) is 7.72. The van der Waals surface area contributed by atoms with E-state index in [1.54, 1.807) is 6.08 Å². The van der Waals surface area contributed by atoms with Gasteiger partial charge in [0.15, 0.2) is 12.6 Å². The summed E-state index contributed by atoms with van der Waals surface area (Å²) in [4.78, 5) is 13.1. The highest BCUT2D eigenvalue weighted by Gasteiger charge is 2.51. The minimum Gasteiger partial charge on any atom is -0.394 e. The molecule has 14 nitrogen and oxygen atoms in total. The standard InChI is InChI=1S/C53H99NO13/c1-3-5-7-9-11-13-14-15-16-17-18-19-20-21-22-23-24-25-26-27-29-30-32-34-36-42(57)41(54-45(58)37-35-33-31-28-12-10-8-6-4-2)40-64-52-50(63)48(61)51(44(39-56)66-52)67-53-49(62)47(60)46(59)43(38-55)65-53/h27,29,34,36,41-44,46-53,55-57,59-63H,3-26,28,30-33,35,37-40H2,1-2H3,(H,54,58)/b29-27+,36-34+. The smallest absolute Gasteiger partial charge is 0.220 e. The molecule has 2 saturated heterocycles. The van der Waals surface area contributed by atoms with E-state index in [0.29, 0.717) is 12.8 Å². The molecular weight excluding hydrogens is 859 g/mol. The van der Waals surface area contributed by atoms with E-state index in [1.807, 2.05) is 6.08 Å². The van der Waals surface area contributed by atoms with E-state index in [9.17, 15) is 45.6 Å². The SMILES string of the molecule is CCCCCCCCCCCCCCCCCCCC/C=C/CC/C=C/C(O)C(COC1OC(CO)C(OC2OC(CO)C(O)C(O)C2O)C(O)C1O)NC(=O)CCCCCCCCCCC. The Balaban J connectivity index is 1.77. The van der Waals surface area contributed by atoms with Gasteiger partial charge in [-0.1, -0.05) is 199 Å². The van der Waals surface area contributed by atoms with Crippen molar-refractivity contribution >= 4 is 5.91 Å². The lowest BCUT2D eigenvalue weighted by molar-refractivity contribution is -0.359. The topological polar surface area (TPSA) is 228 Å². The number of hydrogen-bond donors (Lipinski definition) is 9. The van der Waals surface area contributed by atoms with Gasteiger partial charge in [-0.2, -0.15) is 0 Å². The van der Waals surface area contributed by atoms with E-state index in [1.165, 1.54) is 148 Å². The van der Waals surface area contributed by atoms with Gasteiger partial charge in [-0.3, -0.25) is 4.79 Å². The number of hydrogen-bond acceptors (Lipinski definition) is 13. The van der Waals surface area contributed by atoms with E-state index >= 15 is 0 Å².